The fourth-order valence-corrected chi connectivity index (χ4v) is 0.684. The largest absolute Gasteiger partial charge is 0.0622 e. The monoisotopic (exact) mass is 178 g/mol. The van der Waals surface area contributed by atoms with E-state index in [1.165, 1.54) is 0 Å². The lowest BCUT2D eigenvalue weighted by Crippen LogP contribution is -1.49. The zero-order valence-corrected chi connectivity index (χ0v) is 8.89. The lowest BCUT2D eigenvalue weighted by Gasteiger charge is -1.68. The predicted molar refractivity (Wildman–Crippen MR) is 56.3 cm³/mol. The van der Waals surface area contributed by atoms with E-state index in [1.807, 2.05) is 60.7 Å². The van der Waals surface area contributed by atoms with Crippen molar-refractivity contribution >= 4 is 23.1 Å². The molecule has 0 saturated heterocycles. The summed E-state index contributed by atoms with van der Waals surface area (Å²) in [5.41, 5.74) is 0. The zero-order valence-electron chi connectivity index (χ0n) is 7.48. The molecular formula is C12H10Mg. The lowest BCUT2D eigenvalue weighted by atomic mass is 10.4. The molecule has 2 rings (SSSR count). The average molecular weight is 179 g/mol. The van der Waals surface area contributed by atoms with Crippen LogP contribution in [0.5, 0.6) is 0 Å². The van der Waals surface area contributed by atoms with Crippen molar-refractivity contribution in [3.63, 3.8) is 0 Å². The molecule has 0 fully saturated rings. The van der Waals surface area contributed by atoms with Gasteiger partial charge in [0, 0.05) is 23.1 Å². The molecule has 0 aliphatic carbocycles. The molecule has 0 nitrogen and oxygen atoms in total. The molecule has 60 valence electrons. The highest BCUT2D eigenvalue weighted by molar-refractivity contribution is 5.75. The maximum Gasteiger partial charge on any atom is 0 e. The summed E-state index contributed by atoms with van der Waals surface area (Å²) in [6.45, 7) is 0. The highest BCUT2D eigenvalue weighted by atomic mass is 24.3. The van der Waals surface area contributed by atoms with Crippen LogP contribution in [0.15, 0.2) is 60.7 Å². The standard InChI is InChI=1S/2C6H5.Mg/c2*1-2-4-6-5-3-1;/h2*1-5H;. The van der Waals surface area contributed by atoms with Crippen LogP contribution in [0.1, 0.15) is 0 Å². The normalized spacial score (nSPS) is 7.38. The minimum absolute atomic E-state index is 0. The van der Waals surface area contributed by atoms with Gasteiger partial charge < -0.3 is 0 Å². The Hall–Kier alpha value is -0.794. The first-order chi connectivity index (χ1) is 6.00. The van der Waals surface area contributed by atoms with E-state index >= 15 is 0 Å². The van der Waals surface area contributed by atoms with E-state index in [2.05, 4.69) is 12.1 Å². The third-order valence-electron chi connectivity index (χ3n) is 1.21. The molecule has 0 atom stereocenters. The molecule has 2 aromatic rings. The van der Waals surface area contributed by atoms with E-state index in [9.17, 15) is 0 Å². The molecule has 0 spiro atoms. The van der Waals surface area contributed by atoms with Crippen LogP contribution in [-0.4, -0.2) is 23.1 Å². The summed E-state index contributed by atoms with van der Waals surface area (Å²) in [5, 5.41) is 0. The fraction of sp³-hybridized carbons (Fsp3) is 0. The molecule has 0 unspecified atom stereocenters. The van der Waals surface area contributed by atoms with Gasteiger partial charge in [-0.3, -0.25) is 0 Å². The van der Waals surface area contributed by atoms with Crippen molar-refractivity contribution in [2.45, 2.75) is 0 Å². The summed E-state index contributed by atoms with van der Waals surface area (Å²) in [6, 6.07) is 25.0. The van der Waals surface area contributed by atoms with Crippen LogP contribution in [0.3, 0.4) is 0 Å². The van der Waals surface area contributed by atoms with E-state index < -0.39 is 0 Å². The smallest absolute Gasteiger partial charge is 0 e. The molecule has 13 heavy (non-hydrogen) atoms. The van der Waals surface area contributed by atoms with Gasteiger partial charge in [-0.2, -0.15) is 0 Å². The highest BCUT2D eigenvalue weighted by Crippen LogP contribution is 1.79. The molecule has 0 bridgehead atoms. The van der Waals surface area contributed by atoms with Gasteiger partial charge in [0.2, 0.25) is 0 Å². The van der Waals surface area contributed by atoms with E-state index in [1.54, 1.807) is 0 Å². The third-order valence-corrected chi connectivity index (χ3v) is 1.21. The highest BCUT2D eigenvalue weighted by Gasteiger charge is 1.59. The molecule has 0 amide bonds. The van der Waals surface area contributed by atoms with Crippen LogP contribution in [0.25, 0.3) is 0 Å². The van der Waals surface area contributed by atoms with Crippen LogP contribution in [0, 0.1) is 12.1 Å². The molecule has 0 N–H and O–H groups in total. The van der Waals surface area contributed by atoms with E-state index in [0.29, 0.717) is 0 Å². The number of benzene rings is 2. The average Bonchev–Trinajstić information content (AvgIpc) is 2.24. The Balaban J connectivity index is 0.000000206. The number of rotatable bonds is 0. The molecule has 4 radical (unpaired) electrons. The fourth-order valence-electron chi connectivity index (χ4n) is 0.684. The van der Waals surface area contributed by atoms with Crippen molar-refractivity contribution in [2.75, 3.05) is 0 Å². The molecule has 0 aliphatic rings. The summed E-state index contributed by atoms with van der Waals surface area (Å²) in [7, 11) is 0. The molecular weight excluding hydrogens is 168 g/mol. The second-order valence-corrected chi connectivity index (χ2v) is 2.15. The number of hydrogen-bond acceptors (Lipinski definition) is 0. The molecule has 0 heterocycles. The molecule has 0 saturated carbocycles. The third kappa shape index (κ3) is 7.56. The van der Waals surface area contributed by atoms with E-state index in [-0.39, 0.29) is 23.1 Å². The Labute approximate surface area is 95.8 Å². The van der Waals surface area contributed by atoms with Crippen molar-refractivity contribution < 1.29 is 0 Å². The Kier molecular flexibility index (Phi) is 8.73. The first-order valence-electron chi connectivity index (χ1n) is 3.82. The van der Waals surface area contributed by atoms with E-state index in [0.717, 1.165) is 0 Å². The maximum absolute atomic E-state index is 2.89. The van der Waals surface area contributed by atoms with Crippen molar-refractivity contribution in [1.82, 2.24) is 0 Å². The van der Waals surface area contributed by atoms with Crippen LogP contribution in [0.2, 0.25) is 0 Å². The molecule has 1 heteroatoms. The Morgan fingerprint density at radius 1 is 0.462 bits per heavy atom. The lowest BCUT2D eigenvalue weighted by molar-refractivity contribution is 1.70. The maximum atomic E-state index is 2.89. The van der Waals surface area contributed by atoms with Gasteiger partial charge in [-0.1, -0.05) is 60.7 Å². The Bertz CT molecular complexity index is 181. The van der Waals surface area contributed by atoms with Crippen LogP contribution in [-0.2, 0) is 0 Å². The summed E-state index contributed by atoms with van der Waals surface area (Å²) >= 11 is 0. The Morgan fingerprint density at radius 2 is 0.769 bits per heavy atom. The summed E-state index contributed by atoms with van der Waals surface area (Å²) in [5.74, 6) is 0. The van der Waals surface area contributed by atoms with Crippen molar-refractivity contribution in [3.8, 4) is 0 Å². The van der Waals surface area contributed by atoms with Crippen LogP contribution in [0.4, 0.5) is 0 Å². The first-order valence-corrected chi connectivity index (χ1v) is 3.82. The summed E-state index contributed by atoms with van der Waals surface area (Å²) in [4.78, 5) is 0. The van der Waals surface area contributed by atoms with Gasteiger partial charge in [0.25, 0.3) is 0 Å². The SMILES string of the molecule is [Mg].[c]1ccccc1.[c]1ccccc1. The minimum Gasteiger partial charge on any atom is -0.0622 e. The number of hydrogen-bond donors (Lipinski definition) is 0. The van der Waals surface area contributed by atoms with Gasteiger partial charge in [0.1, 0.15) is 0 Å². The summed E-state index contributed by atoms with van der Waals surface area (Å²) in [6.07, 6.45) is 0. The second-order valence-electron chi connectivity index (χ2n) is 2.15. The second kappa shape index (κ2) is 9.30. The van der Waals surface area contributed by atoms with Crippen LogP contribution >= 0.6 is 0 Å². The van der Waals surface area contributed by atoms with Crippen molar-refractivity contribution in [3.05, 3.63) is 72.8 Å². The van der Waals surface area contributed by atoms with Gasteiger partial charge in [-0.15, -0.1) is 0 Å². The molecule has 2 aromatic carbocycles. The van der Waals surface area contributed by atoms with Gasteiger partial charge in [-0.25, -0.2) is 0 Å². The topological polar surface area (TPSA) is 0 Å². The van der Waals surface area contributed by atoms with Gasteiger partial charge in [-0.05, 0) is 12.1 Å². The van der Waals surface area contributed by atoms with E-state index in [4.69, 9.17) is 0 Å². The van der Waals surface area contributed by atoms with Gasteiger partial charge >= 0.3 is 0 Å². The molecule has 0 aromatic heterocycles. The van der Waals surface area contributed by atoms with Crippen LogP contribution < -0.4 is 0 Å². The minimum atomic E-state index is 0. The van der Waals surface area contributed by atoms with Crippen molar-refractivity contribution in [1.29, 1.82) is 0 Å². The Morgan fingerprint density at radius 3 is 0.846 bits per heavy atom. The molecule has 0 aliphatic heterocycles. The predicted octanol–water partition coefficient (Wildman–Crippen LogP) is 2.59. The van der Waals surface area contributed by atoms with Gasteiger partial charge in [0.15, 0.2) is 0 Å². The first kappa shape index (κ1) is 12.2. The van der Waals surface area contributed by atoms with Crippen molar-refractivity contribution in [2.24, 2.45) is 0 Å². The van der Waals surface area contributed by atoms with Gasteiger partial charge in [0.05, 0.1) is 0 Å². The zero-order chi connectivity index (χ0) is 8.49. The summed E-state index contributed by atoms with van der Waals surface area (Å²) < 4.78 is 0. The quantitative estimate of drug-likeness (QED) is 0.544.